The van der Waals surface area contributed by atoms with Gasteiger partial charge in [-0.05, 0) is 34.0 Å². The standard InChI is InChI=1S/C12H11BrClN3S/c1-6(2)10-9(13)12(18)17-11(16-10)8-4-3-7(14)5-15-8/h3-6H,1-2H3,(H,16,17,18). The van der Waals surface area contributed by atoms with Crippen LogP contribution in [0.5, 0.6) is 0 Å². The normalized spacial score (nSPS) is 10.9. The molecule has 0 aliphatic heterocycles. The second-order valence-corrected chi connectivity index (χ2v) is 5.75. The molecule has 0 aromatic carbocycles. The molecule has 0 atom stereocenters. The van der Waals surface area contributed by atoms with Crippen molar-refractivity contribution >= 4 is 39.7 Å². The third-order valence-electron chi connectivity index (χ3n) is 2.44. The summed E-state index contributed by atoms with van der Waals surface area (Å²) in [6, 6.07) is 3.59. The number of H-pyrrole nitrogens is 1. The molecule has 0 aliphatic carbocycles. The highest BCUT2D eigenvalue weighted by molar-refractivity contribution is 9.10. The van der Waals surface area contributed by atoms with E-state index in [9.17, 15) is 0 Å². The average Bonchev–Trinajstić information content (AvgIpc) is 2.33. The van der Waals surface area contributed by atoms with E-state index in [1.54, 1.807) is 12.3 Å². The van der Waals surface area contributed by atoms with E-state index in [-0.39, 0.29) is 0 Å². The van der Waals surface area contributed by atoms with Crippen LogP contribution in [0, 0.1) is 4.64 Å². The fraction of sp³-hybridized carbons (Fsp3) is 0.250. The summed E-state index contributed by atoms with van der Waals surface area (Å²) in [5.41, 5.74) is 1.74. The SMILES string of the molecule is CC(C)c1[nH]c(-c2ccc(Cl)cn2)nc(=S)c1Br. The summed E-state index contributed by atoms with van der Waals surface area (Å²) in [7, 11) is 0. The number of nitrogens with zero attached hydrogens (tertiary/aromatic N) is 2. The first kappa shape index (κ1) is 13.6. The number of hydrogen-bond donors (Lipinski definition) is 1. The van der Waals surface area contributed by atoms with Crippen LogP contribution in [0.15, 0.2) is 22.8 Å². The van der Waals surface area contributed by atoms with Crippen molar-refractivity contribution < 1.29 is 0 Å². The molecule has 0 aliphatic rings. The Balaban J connectivity index is 2.59. The van der Waals surface area contributed by atoms with Gasteiger partial charge in [0.1, 0.15) is 10.3 Å². The summed E-state index contributed by atoms with van der Waals surface area (Å²) in [5, 5.41) is 0.596. The molecule has 0 saturated heterocycles. The van der Waals surface area contributed by atoms with Crippen molar-refractivity contribution in [2.75, 3.05) is 0 Å². The predicted octanol–water partition coefficient (Wildman–Crippen LogP) is 4.74. The molecule has 2 heterocycles. The Hall–Kier alpha value is -0.780. The van der Waals surface area contributed by atoms with Crippen molar-refractivity contribution in [3.05, 3.63) is 38.2 Å². The van der Waals surface area contributed by atoms with Crippen molar-refractivity contribution in [2.45, 2.75) is 19.8 Å². The predicted molar refractivity (Wildman–Crippen MR) is 79.5 cm³/mol. The van der Waals surface area contributed by atoms with Gasteiger partial charge in [0.2, 0.25) is 0 Å². The Labute approximate surface area is 124 Å². The zero-order valence-corrected chi connectivity index (χ0v) is 13.0. The molecule has 2 aromatic rings. The minimum absolute atomic E-state index is 0.315. The van der Waals surface area contributed by atoms with Crippen LogP contribution in [0.4, 0.5) is 0 Å². The largest absolute Gasteiger partial charge is 0.341 e. The lowest BCUT2D eigenvalue weighted by atomic mass is 10.1. The Morgan fingerprint density at radius 2 is 2.11 bits per heavy atom. The van der Waals surface area contributed by atoms with E-state index in [0.29, 0.717) is 21.4 Å². The summed E-state index contributed by atoms with van der Waals surface area (Å²) >= 11 is 14.5. The Kier molecular flexibility index (Phi) is 4.14. The molecular weight excluding hydrogens is 334 g/mol. The number of pyridine rings is 1. The van der Waals surface area contributed by atoms with Gasteiger partial charge in [-0.2, -0.15) is 0 Å². The molecule has 0 bridgehead atoms. The zero-order valence-electron chi connectivity index (χ0n) is 9.87. The molecule has 6 heteroatoms. The highest BCUT2D eigenvalue weighted by Gasteiger charge is 2.11. The number of rotatable bonds is 2. The van der Waals surface area contributed by atoms with Gasteiger partial charge >= 0.3 is 0 Å². The van der Waals surface area contributed by atoms with Crippen molar-refractivity contribution in [1.82, 2.24) is 15.0 Å². The van der Waals surface area contributed by atoms with Gasteiger partial charge in [-0.3, -0.25) is 4.98 Å². The van der Waals surface area contributed by atoms with E-state index in [1.807, 2.05) is 6.07 Å². The van der Waals surface area contributed by atoms with Gasteiger partial charge in [0.25, 0.3) is 0 Å². The van der Waals surface area contributed by atoms with Gasteiger partial charge in [0.05, 0.1) is 9.50 Å². The fourth-order valence-corrected chi connectivity index (χ4v) is 2.47. The molecule has 0 fully saturated rings. The molecule has 0 amide bonds. The first-order valence-electron chi connectivity index (χ1n) is 5.40. The Morgan fingerprint density at radius 1 is 1.39 bits per heavy atom. The summed E-state index contributed by atoms with van der Waals surface area (Å²) < 4.78 is 1.37. The smallest absolute Gasteiger partial charge is 0.157 e. The van der Waals surface area contributed by atoms with E-state index in [1.165, 1.54) is 0 Å². The van der Waals surface area contributed by atoms with Crippen LogP contribution in [0.25, 0.3) is 11.5 Å². The Bertz CT molecular complexity index is 622. The van der Waals surface area contributed by atoms with Crippen LogP contribution >= 0.6 is 39.7 Å². The van der Waals surface area contributed by atoms with Gasteiger partial charge in [-0.25, -0.2) is 4.98 Å². The van der Waals surface area contributed by atoms with Crippen LogP contribution in [0.3, 0.4) is 0 Å². The molecule has 0 radical (unpaired) electrons. The van der Waals surface area contributed by atoms with Crippen LogP contribution in [-0.2, 0) is 0 Å². The van der Waals surface area contributed by atoms with Crippen molar-refractivity contribution in [3.8, 4) is 11.5 Å². The molecule has 94 valence electrons. The zero-order chi connectivity index (χ0) is 13.3. The third-order valence-corrected chi connectivity index (χ3v) is 4.02. The number of hydrogen-bond acceptors (Lipinski definition) is 3. The van der Waals surface area contributed by atoms with Gasteiger partial charge in [-0.15, -0.1) is 0 Å². The summed E-state index contributed by atoms with van der Waals surface area (Å²) in [6.45, 7) is 4.18. The summed E-state index contributed by atoms with van der Waals surface area (Å²) in [4.78, 5) is 11.8. The number of aromatic amines is 1. The van der Waals surface area contributed by atoms with E-state index in [2.05, 4.69) is 44.7 Å². The lowest BCUT2D eigenvalue weighted by molar-refractivity contribution is 0.806. The highest BCUT2D eigenvalue weighted by Crippen LogP contribution is 2.25. The van der Waals surface area contributed by atoms with E-state index >= 15 is 0 Å². The molecule has 1 N–H and O–H groups in total. The van der Waals surface area contributed by atoms with Gasteiger partial charge in [0, 0.05) is 11.9 Å². The number of halogens is 2. The van der Waals surface area contributed by atoms with Gasteiger partial charge in [-0.1, -0.05) is 37.7 Å². The Morgan fingerprint density at radius 3 is 2.67 bits per heavy atom. The summed E-state index contributed by atoms with van der Waals surface area (Å²) in [6.07, 6.45) is 1.59. The maximum Gasteiger partial charge on any atom is 0.157 e. The van der Waals surface area contributed by atoms with E-state index in [4.69, 9.17) is 23.8 Å². The molecule has 2 rings (SSSR count). The molecule has 2 aromatic heterocycles. The first-order valence-corrected chi connectivity index (χ1v) is 6.98. The average molecular weight is 345 g/mol. The molecule has 0 saturated carbocycles. The number of nitrogens with one attached hydrogen (secondary N) is 1. The first-order chi connectivity index (χ1) is 8.49. The molecule has 18 heavy (non-hydrogen) atoms. The van der Waals surface area contributed by atoms with Gasteiger partial charge < -0.3 is 4.98 Å². The van der Waals surface area contributed by atoms with Crippen LogP contribution in [0.2, 0.25) is 5.02 Å². The summed E-state index contributed by atoms with van der Waals surface area (Å²) in [5.74, 6) is 0.971. The van der Waals surface area contributed by atoms with Crippen LogP contribution in [-0.4, -0.2) is 15.0 Å². The minimum atomic E-state index is 0.315. The maximum atomic E-state index is 5.82. The molecular formula is C12H11BrClN3S. The maximum absolute atomic E-state index is 5.82. The van der Waals surface area contributed by atoms with E-state index < -0.39 is 0 Å². The van der Waals surface area contributed by atoms with Crippen LogP contribution in [0.1, 0.15) is 25.5 Å². The van der Waals surface area contributed by atoms with Gasteiger partial charge in [0.15, 0.2) is 5.82 Å². The van der Waals surface area contributed by atoms with Crippen molar-refractivity contribution in [3.63, 3.8) is 0 Å². The second kappa shape index (κ2) is 5.47. The topological polar surface area (TPSA) is 41.6 Å². The van der Waals surface area contributed by atoms with Crippen LogP contribution < -0.4 is 0 Å². The number of aromatic nitrogens is 3. The monoisotopic (exact) mass is 343 g/mol. The lowest BCUT2D eigenvalue weighted by Crippen LogP contribution is -2.01. The fourth-order valence-electron chi connectivity index (χ4n) is 1.51. The highest BCUT2D eigenvalue weighted by atomic mass is 79.9. The molecule has 0 spiro atoms. The van der Waals surface area contributed by atoms with Crippen molar-refractivity contribution in [1.29, 1.82) is 0 Å². The second-order valence-electron chi connectivity index (χ2n) is 4.13. The van der Waals surface area contributed by atoms with E-state index in [0.717, 1.165) is 15.9 Å². The quantitative estimate of drug-likeness (QED) is 0.800. The van der Waals surface area contributed by atoms with Crippen molar-refractivity contribution in [2.24, 2.45) is 0 Å². The minimum Gasteiger partial charge on any atom is -0.341 e. The molecule has 3 nitrogen and oxygen atoms in total. The molecule has 0 unspecified atom stereocenters. The third kappa shape index (κ3) is 2.79. The lowest BCUT2D eigenvalue weighted by Gasteiger charge is -2.10.